The van der Waals surface area contributed by atoms with E-state index >= 15 is 0 Å². The van der Waals surface area contributed by atoms with E-state index in [0.717, 1.165) is 0 Å². The van der Waals surface area contributed by atoms with Crippen LogP contribution >= 0.6 is 11.6 Å². The molecule has 1 aromatic heterocycles. The molecule has 0 atom stereocenters. The third-order valence-corrected chi connectivity index (χ3v) is 5.59. The van der Waals surface area contributed by atoms with E-state index < -0.39 is 4.92 Å². The fourth-order valence-corrected chi connectivity index (χ4v) is 3.76. The zero-order chi connectivity index (χ0) is 23.4. The standard InChI is InChI=1S/C21H20ClN7O4/c22-16-3-1-2-4-17(16)25-20(30)12-26-7-9-27(10-8-26)21(31)15-5-6-18(19(11-15)29(32)33)28-14-23-13-24-28/h1-6,11,13-14H,7-10,12H2,(H,25,30). The minimum atomic E-state index is -0.552. The smallest absolute Gasteiger partial charge is 0.295 e. The van der Waals surface area contributed by atoms with Crippen molar-refractivity contribution < 1.29 is 14.5 Å². The van der Waals surface area contributed by atoms with Gasteiger partial charge in [-0.15, -0.1) is 0 Å². The molecule has 2 aromatic carbocycles. The number of para-hydroxylation sites is 1. The third kappa shape index (κ3) is 5.16. The van der Waals surface area contributed by atoms with Crippen molar-refractivity contribution in [2.45, 2.75) is 0 Å². The number of hydrogen-bond acceptors (Lipinski definition) is 7. The Morgan fingerprint density at radius 3 is 2.55 bits per heavy atom. The number of nitro groups is 1. The Hall–Kier alpha value is -3.83. The van der Waals surface area contributed by atoms with E-state index in [1.807, 2.05) is 4.90 Å². The van der Waals surface area contributed by atoms with Crippen LogP contribution in [0.3, 0.4) is 0 Å². The molecule has 0 aliphatic carbocycles. The topological polar surface area (TPSA) is 127 Å². The summed E-state index contributed by atoms with van der Waals surface area (Å²) in [7, 11) is 0. The summed E-state index contributed by atoms with van der Waals surface area (Å²) in [5.74, 6) is -0.495. The van der Waals surface area contributed by atoms with Gasteiger partial charge in [-0.05, 0) is 24.3 Å². The van der Waals surface area contributed by atoms with Gasteiger partial charge in [-0.2, -0.15) is 5.10 Å². The fraction of sp³-hybridized carbons (Fsp3) is 0.238. The average molecular weight is 470 g/mol. The molecule has 12 heteroatoms. The van der Waals surface area contributed by atoms with Crippen LogP contribution in [0.4, 0.5) is 11.4 Å². The van der Waals surface area contributed by atoms with Crippen molar-refractivity contribution in [3.05, 3.63) is 75.8 Å². The van der Waals surface area contributed by atoms with Crippen molar-refractivity contribution in [3.63, 3.8) is 0 Å². The summed E-state index contributed by atoms with van der Waals surface area (Å²) in [6, 6.07) is 11.3. The number of piperazine rings is 1. The Kier molecular flexibility index (Phi) is 6.61. The summed E-state index contributed by atoms with van der Waals surface area (Å²) in [5, 5.41) is 18.7. The van der Waals surface area contributed by atoms with Crippen molar-refractivity contribution in [1.82, 2.24) is 24.6 Å². The molecule has 2 heterocycles. The maximum atomic E-state index is 12.9. The van der Waals surface area contributed by atoms with Crippen molar-refractivity contribution in [2.75, 3.05) is 38.0 Å². The molecule has 11 nitrogen and oxygen atoms in total. The van der Waals surface area contributed by atoms with Crippen molar-refractivity contribution in [2.24, 2.45) is 0 Å². The van der Waals surface area contributed by atoms with Crippen LogP contribution in [0.2, 0.25) is 5.02 Å². The lowest BCUT2D eigenvalue weighted by Gasteiger charge is -2.34. The number of carbonyl (C=O) groups excluding carboxylic acids is 2. The molecule has 0 saturated carbocycles. The van der Waals surface area contributed by atoms with Crippen molar-refractivity contribution in [1.29, 1.82) is 0 Å². The number of nitro benzene ring substituents is 1. The lowest BCUT2D eigenvalue weighted by Crippen LogP contribution is -2.50. The van der Waals surface area contributed by atoms with Crippen LogP contribution in [0.5, 0.6) is 0 Å². The van der Waals surface area contributed by atoms with E-state index in [1.165, 1.54) is 35.5 Å². The molecule has 0 radical (unpaired) electrons. The van der Waals surface area contributed by atoms with Gasteiger partial charge in [0.25, 0.3) is 11.6 Å². The van der Waals surface area contributed by atoms with Gasteiger partial charge in [0, 0.05) is 37.8 Å². The van der Waals surface area contributed by atoms with Crippen LogP contribution in [-0.2, 0) is 4.79 Å². The zero-order valence-corrected chi connectivity index (χ0v) is 18.2. The number of nitrogens with one attached hydrogen (secondary N) is 1. The van der Waals surface area contributed by atoms with E-state index in [4.69, 9.17) is 11.6 Å². The lowest BCUT2D eigenvalue weighted by molar-refractivity contribution is -0.384. The highest BCUT2D eigenvalue weighted by atomic mass is 35.5. The highest BCUT2D eigenvalue weighted by molar-refractivity contribution is 6.33. The summed E-state index contributed by atoms with van der Waals surface area (Å²) in [6.07, 6.45) is 2.63. The molecule has 1 N–H and O–H groups in total. The normalized spacial score (nSPS) is 14.2. The molecule has 2 amide bonds. The molecule has 33 heavy (non-hydrogen) atoms. The van der Waals surface area contributed by atoms with Gasteiger partial charge in [0.1, 0.15) is 18.3 Å². The van der Waals surface area contributed by atoms with Gasteiger partial charge < -0.3 is 10.2 Å². The monoisotopic (exact) mass is 469 g/mol. The molecule has 0 bridgehead atoms. The van der Waals surface area contributed by atoms with Crippen molar-refractivity contribution in [3.8, 4) is 5.69 Å². The number of halogens is 1. The number of rotatable bonds is 6. The van der Waals surface area contributed by atoms with E-state index in [-0.39, 0.29) is 35.3 Å². The number of benzene rings is 2. The predicted molar refractivity (Wildman–Crippen MR) is 120 cm³/mol. The molecule has 3 aromatic rings. The number of nitrogens with zero attached hydrogens (tertiary/aromatic N) is 6. The molecule has 0 spiro atoms. The second-order valence-electron chi connectivity index (χ2n) is 7.40. The van der Waals surface area contributed by atoms with E-state index in [1.54, 1.807) is 29.2 Å². The molecule has 1 aliphatic rings. The Balaban J connectivity index is 1.36. The van der Waals surface area contributed by atoms with E-state index in [0.29, 0.717) is 36.9 Å². The minimum Gasteiger partial charge on any atom is -0.336 e. The van der Waals surface area contributed by atoms with Gasteiger partial charge in [-0.25, -0.2) is 9.67 Å². The second kappa shape index (κ2) is 9.76. The number of aromatic nitrogens is 3. The second-order valence-corrected chi connectivity index (χ2v) is 7.80. The first-order valence-corrected chi connectivity index (χ1v) is 10.5. The van der Waals surface area contributed by atoms with Crippen LogP contribution in [0.1, 0.15) is 10.4 Å². The highest BCUT2D eigenvalue weighted by Gasteiger charge is 2.26. The lowest BCUT2D eigenvalue weighted by atomic mass is 10.1. The van der Waals surface area contributed by atoms with Crippen LogP contribution in [-0.4, -0.2) is 74.0 Å². The SMILES string of the molecule is O=C(CN1CCN(C(=O)c2ccc(-n3cncn3)c([N+](=O)[O-])c2)CC1)Nc1ccccc1Cl. The number of anilines is 1. The van der Waals surface area contributed by atoms with Crippen LogP contribution in [0.15, 0.2) is 55.1 Å². The first kappa shape index (κ1) is 22.4. The summed E-state index contributed by atoms with van der Waals surface area (Å²) in [4.78, 5) is 43.6. The summed E-state index contributed by atoms with van der Waals surface area (Å²) >= 11 is 6.07. The van der Waals surface area contributed by atoms with Gasteiger partial charge in [0.2, 0.25) is 5.91 Å². The Labute approximate surface area is 193 Å². The molecule has 4 rings (SSSR count). The molecule has 1 aliphatic heterocycles. The molecule has 170 valence electrons. The first-order valence-electron chi connectivity index (χ1n) is 10.1. The summed E-state index contributed by atoms with van der Waals surface area (Å²) in [5.41, 5.74) is 0.758. The Morgan fingerprint density at radius 2 is 1.88 bits per heavy atom. The largest absolute Gasteiger partial charge is 0.336 e. The van der Waals surface area contributed by atoms with Crippen LogP contribution in [0.25, 0.3) is 5.69 Å². The summed E-state index contributed by atoms with van der Waals surface area (Å²) < 4.78 is 1.28. The average Bonchev–Trinajstić information content (AvgIpc) is 3.35. The maximum absolute atomic E-state index is 12.9. The fourth-order valence-electron chi connectivity index (χ4n) is 3.58. The van der Waals surface area contributed by atoms with Gasteiger partial charge >= 0.3 is 0 Å². The zero-order valence-electron chi connectivity index (χ0n) is 17.4. The minimum absolute atomic E-state index is 0.172. The van der Waals surface area contributed by atoms with Gasteiger partial charge in [-0.1, -0.05) is 23.7 Å². The van der Waals surface area contributed by atoms with Gasteiger partial charge in [0.05, 0.1) is 22.2 Å². The van der Waals surface area contributed by atoms with Gasteiger partial charge in [-0.3, -0.25) is 24.6 Å². The molecular weight excluding hydrogens is 450 g/mol. The Morgan fingerprint density at radius 1 is 1.12 bits per heavy atom. The van der Waals surface area contributed by atoms with Crippen LogP contribution < -0.4 is 5.32 Å². The number of carbonyl (C=O) groups is 2. The van der Waals surface area contributed by atoms with Crippen LogP contribution in [0, 0.1) is 10.1 Å². The van der Waals surface area contributed by atoms with E-state index in [9.17, 15) is 19.7 Å². The maximum Gasteiger partial charge on any atom is 0.295 e. The van der Waals surface area contributed by atoms with Crippen molar-refractivity contribution >= 4 is 34.8 Å². The molecule has 1 fully saturated rings. The highest BCUT2D eigenvalue weighted by Crippen LogP contribution is 2.25. The number of amides is 2. The molecular formula is C21H20ClN7O4. The molecule has 0 unspecified atom stereocenters. The van der Waals surface area contributed by atoms with Gasteiger partial charge in [0.15, 0.2) is 0 Å². The molecule has 1 saturated heterocycles. The first-order chi connectivity index (χ1) is 15.9. The quantitative estimate of drug-likeness (QED) is 0.433. The third-order valence-electron chi connectivity index (χ3n) is 5.26. The summed E-state index contributed by atoms with van der Waals surface area (Å²) in [6.45, 7) is 1.97. The Bertz CT molecular complexity index is 1180. The van der Waals surface area contributed by atoms with E-state index in [2.05, 4.69) is 15.4 Å². The number of hydrogen-bond donors (Lipinski definition) is 1. The predicted octanol–water partition coefficient (Wildman–Crippen LogP) is 2.23.